The van der Waals surface area contributed by atoms with E-state index in [1.54, 1.807) is 30.3 Å². The van der Waals surface area contributed by atoms with Crippen LogP contribution in [-0.2, 0) is 21.2 Å². The number of para-hydroxylation sites is 1. The lowest BCUT2D eigenvalue weighted by Gasteiger charge is -2.06. The van der Waals surface area contributed by atoms with Gasteiger partial charge in [0.05, 0.1) is 11.5 Å². The summed E-state index contributed by atoms with van der Waals surface area (Å²) in [7, 11) is -4.17. The van der Waals surface area contributed by atoms with Gasteiger partial charge in [-0.05, 0) is 29.2 Å². The number of rotatable bonds is 8. The average Bonchev–Trinajstić information content (AvgIpc) is 3.19. The Bertz CT molecular complexity index is 1460. The number of carbonyl (C=O) groups is 1. The molecule has 1 amide bonds. The van der Waals surface area contributed by atoms with Crippen molar-refractivity contribution in [3.63, 3.8) is 0 Å². The fraction of sp³-hybridized carbons (Fsp3) is 0.143. The molecule has 4 rings (SSSR count). The third-order valence-electron chi connectivity index (χ3n) is 4.60. The molecule has 0 aliphatic heterocycles. The highest BCUT2D eigenvalue weighted by Gasteiger charge is 2.33. The van der Waals surface area contributed by atoms with E-state index in [4.69, 9.17) is 9.15 Å². The van der Waals surface area contributed by atoms with Crippen molar-refractivity contribution >= 4 is 26.7 Å². The molecule has 0 bridgehead atoms. The minimum Gasteiger partial charge on any atom is -0.422 e. The highest BCUT2D eigenvalue weighted by Crippen LogP contribution is 2.20. The predicted octanol–water partition coefficient (Wildman–Crippen LogP) is 1.19. The third kappa shape index (κ3) is 4.61. The number of hydrogen-bond donors (Lipinski definition) is 1. The van der Waals surface area contributed by atoms with Crippen molar-refractivity contribution in [2.75, 3.05) is 13.2 Å². The number of hydrogen-bond acceptors (Lipinski definition) is 9. The summed E-state index contributed by atoms with van der Waals surface area (Å²) in [6.07, 6.45) is 0. The van der Waals surface area contributed by atoms with Gasteiger partial charge in [0.25, 0.3) is 21.4 Å². The Balaban J connectivity index is 1.37. The Morgan fingerprint density at radius 3 is 2.64 bits per heavy atom. The number of carbonyl (C=O) groups excluding carboxylic acids is 1. The second-order valence-corrected chi connectivity index (χ2v) is 8.66. The van der Waals surface area contributed by atoms with Gasteiger partial charge in [0, 0.05) is 17.1 Å². The molecule has 12 heteroatoms. The molecule has 2 heterocycles. The number of sulfone groups is 1. The summed E-state index contributed by atoms with van der Waals surface area (Å²) in [4.78, 5) is 24.1. The maximum absolute atomic E-state index is 12.7. The Kier molecular flexibility index (Phi) is 6.20. The number of ether oxygens (including phenoxy) is 1. The van der Waals surface area contributed by atoms with Crippen LogP contribution >= 0.6 is 0 Å². The third-order valence-corrected chi connectivity index (χ3v) is 6.39. The smallest absolute Gasteiger partial charge is 0.349 e. The van der Waals surface area contributed by atoms with Crippen LogP contribution in [0.1, 0.15) is 16.1 Å². The van der Waals surface area contributed by atoms with E-state index in [9.17, 15) is 23.2 Å². The first-order valence-corrected chi connectivity index (χ1v) is 11.1. The van der Waals surface area contributed by atoms with Crippen LogP contribution in [0.3, 0.4) is 0 Å². The second-order valence-electron chi connectivity index (χ2n) is 6.79. The summed E-state index contributed by atoms with van der Waals surface area (Å²) >= 11 is 0. The van der Waals surface area contributed by atoms with E-state index in [-0.39, 0.29) is 40.8 Å². The lowest BCUT2D eigenvalue weighted by molar-refractivity contribution is -0.832. The molecule has 0 spiro atoms. The molecule has 0 unspecified atom stereocenters. The van der Waals surface area contributed by atoms with Gasteiger partial charge in [-0.25, -0.2) is 13.2 Å². The molecule has 1 N–H and O–H groups in total. The van der Waals surface area contributed by atoms with Crippen LogP contribution in [0.25, 0.3) is 11.0 Å². The number of fused-ring (bicyclic) bond motifs is 1. The molecule has 170 valence electrons. The standard InChI is InChI=1S/C21H17N3O8S/c25-19(16-12-14-6-4-5-9-18(14)31-21(16)26)22-10-11-30-13-17-20(24(27)32-23-17)33(28,29)15-7-2-1-3-8-15/h1-9,12H,10-11,13H2,(H,22,25). The predicted molar refractivity (Wildman–Crippen MR) is 112 cm³/mol. The van der Waals surface area contributed by atoms with E-state index in [2.05, 4.69) is 15.1 Å². The van der Waals surface area contributed by atoms with Crippen LogP contribution in [-0.4, -0.2) is 32.6 Å². The molecular weight excluding hydrogens is 454 g/mol. The summed E-state index contributed by atoms with van der Waals surface area (Å²) < 4.78 is 40.4. The molecule has 0 aliphatic rings. The molecule has 0 aliphatic carbocycles. The molecule has 33 heavy (non-hydrogen) atoms. The lowest BCUT2D eigenvalue weighted by Crippen LogP contribution is -2.32. The first-order chi connectivity index (χ1) is 15.9. The molecule has 0 atom stereocenters. The fourth-order valence-corrected chi connectivity index (χ4v) is 4.42. The van der Waals surface area contributed by atoms with Gasteiger partial charge in [-0.15, -0.1) is 0 Å². The Hall–Kier alpha value is -4.03. The van der Waals surface area contributed by atoms with Crippen LogP contribution in [0.2, 0.25) is 0 Å². The van der Waals surface area contributed by atoms with Crippen LogP contribution in [0.15, 0.2) is 84.4 Å². The van der Waals surface area contributed by atoms with Crippen molar-refractivity contribution in [3.05, 3.63) is 87.5 Å². The Morgan fingerprint density at radius 2 is 1.85 bits per heavy atom. The first kappa shape index (κ1) is 22.2. The Morgan fingerprint density at radius 1 is 1.12 bits per heavy atom. The number of nitrogens with zero attached hydrogens (tertiary/aromatic N) is 2. The molecule has 4 aromatic rings. The van der Waals surface area contributed by atoms with Gasteiger partial charge in [-0.1, -0.05) is 36.4 Å². The van der Waals surface area contributed by atoms with Crippen LogP contribution < -0.4 is 15.8 Å². The van der Waals surface area contributed by atoms with Crippen molar-refractivity contribution < 1.29 is 31.9 Å². The van der Waals surface area contributed by atoms with Crippen molar-refractivity contribution in [2.24, 2.45) is 0 Å². The summed E-state index contributed by atoms with van der Waals surface area (Å²) in [5, 5.41) is 17.8. The van der Waals surface area contributed by atoms with Gasteiger partial charge in [0.2, 0.25) is 0 Å². The maximum Gasteiger partial charge on any atom is 0.349 e. The van der Waals surface area contributed by atoms with Gasteiger partial charge in [-0.2, -0.15) is 0 Å². The normalized spacial score (nSPS) is 11.5. The summed E-state index contributed by atoms with van der Waals surface area (Å²) in [5.41, 5.74) is -0.776. The quantitative estimate of drug-likeness (QED) is 0.227. The average molecular weight is 471 g/mol. The van der Waals surface area contributed by atoms with Gasteiger partial charge < -0.3 is 19.7 Å². The minimum absolute atomic E-state index is 0.00109. The zero-order valence-electron chi connectivity index (χ0n) is 17.0. The number of amides is 1. The molecule has 0 radical (unpaired) electrons. The van der Waals surface area contributed by atoms with Gasteiger partial charge in [-0.3, -0.25) is 9.42 Å². The van der Waals surface area contributed by atoms with E-state index < -0.39 is 26.4 Å². The molecule has 2 aromatic heterocycles. The number of nitrogens with one attached hydrogen (secondary N) is 1. The summed E-state index contributed by atoms with van der Waals surface area (Å²) in [6.45, 7) is -0.406. The summed E-state index contributed by atoms with van der Waals surface area (Å²) in [5.74, 6) is -0.649. The zero-order chi connectivity index (χ0) is 23.4. The van der Waals surface area contributed by atoms with Gasteiger partial charge in [0.1, 0.15) is 17.8 Å². The van der Waals surface area contributed by atoms with Crippen molar-refractivity contribution in [2.45, 2.75) is 16.5 Å². The fourth-order valence-electron chi connectivity index (χ4n) is 3.04. The van der Waals surface area contributed by atoms with E-state index >= 15 is 0 Å². The molecule has 0 saturated carbocycles. The largest absolute Gasteiger partial charge is 0.422 e. The van der Waals surface area contributed by atoms with Crippen LogP contribution in [0.4, 0.5) is 0 Å². The minimum atomic E-state index is -4.17. The SMILES string of the molecule is O=C(NCCOCc1no[n+]([O-])c1S(=O)(=O)c1ccccc1)c1cc2ccccc2oc1=O. The van der Waals surface area contributed by atoms with Gasteiger partial charge in [0.15, 0.2) is 0 Å². The molecule has 2 aromatic carbocycles. The van der Waals surface area contributed by atoms with Crippen molar-refractivity contribution in [3.8, 4) is 0 Å². The first-order valence-electron chi connectivity index (χ1n) is 9.65. The van der Waals surface area contributed by atoms with Crippen LogP contribution in [0.5, 0.6) is 0 Å². The number of benzene rings is 2. The van der Waals surface area contributed by atoms with Crippen molar-refractivity contribution in [1.82, 2.24) is 10.5 Å². The molecule has 0 saturated heterocycles. The monoisotopic (exact) mass is 471 g/mol. The highest BCUT2D eigenvalue weighted by molar-refractivity contribution is 7.91. The second kappa shape index (κ2) is 9.22. The summed E-state index contributed by atoms with van der Waals surface area (Å²) in [6, 6.07) is 15.6. The maximum atomic E-state index is 12.7. The zero-order valence-corrected chi connectivity index (χ0v) is 17.8. The molecular formula is C21H17N3O8S. The number of aromatic nitrogens is 2. The highest BCUT2D eigenvalue weighted by atomic mass is 32.2. The van der Waals surface area contributed by atoms with E-state index in [0.717, 1.165) is 0 Å². The topological polar surface area (TPSA) is 156 Å². The Labute approximate surface area is 186 Å². The molecule has 0 fully saturated rings. The van der Waals surface area contributed by atoms with E-state index in [1.807, 2.05) is 0 Å². The van der Waals surface area contributed by atoms with Gasteiger partial charge >= 0.3 is 10.7 Å². The van der Waals surface area contributed by atoms with Crippen molar-refractivity contribution in [1.29, 1.82) is 0 Å². The van der Waals surface area contributed by atoms with E-state index in [0.29, 0.717) is 11.0 Å². The van der Waals surface area contributed by atoms with E-state index in [1.165, 1.54) is 30.3 Å². The molecule has 11 nitrogen and oxygen atoms in total. The lowest BCUT2D eigenvalue weighted by atomic mass is 10.2. The van der Waals surface area contributed by atoms with Crippen LogP contribution in [0, 0.1) is 5.21 Å².